The molecule has 1 aromatic carbocycles. The molecule has 0 aliphatic heterocycles. The third-order valence-electron chi connectivity index (χ3n) is 2.94. The number of halogens is 4. The summed E-state index contributed by atoms with van der Waals surface area (Å²) >= 11 is 0. The van der Waals surface area contributed by atoms with E-state index in [1.54, 1.807) is 6.92 Å². The van der Waals surface area contributed by atoms with E-state index in [0.29, 0.717) is 17.7 Å². The zero-order valence-corrected chi connectivity index (χ0v) is 11.2. The zero-order valence-electron chi connectivity index (χ0n) is 11.2. The summed E-state index contributed by atoms with van der Waals surface area (Å²) < 4.78 is 51.1. The summed E-state index contributed by atoms with van der Waals surface area (Å²) in [5.74, 6) is -0.492. The molecule has 0 aliphatic rings. The fourth-order valence-corrected chi connectivity index (χ4v) is 1.77. The highest BCUT2D eigenvalue weighted by Crippen LogP contribution is 2.29. The predicted octanol–water partition coefficient (Wildman–Crippen LogP) is 3.81. The molecule has 2 aromatic rings. The largest absolute Gasteiger partial charge is 0.416 e. The van der Waals surface area contributed by atoms with E-state index >= 15 is 0 Å². The van der Waals surface area contributed by atoms with Gasteiger partial charge in [-0.15, -0.1) is 0 Å². The van der Waals surface area contributed by atoms with Gasteiger partial charge in [-0.05, 0) is 24.1 Å². The van der Waals surface area contributed by atoms with Crippen LogP contribution in [0.15, 0.2) is 30.6 Å². The number of aromatic nitrogens is 2. The number of rotatable bonds is 4. The number of anilines is 1. The van der Waals surface area contributed by atoms with Gasteiger partial charge in [-0.3, -0.25) is 0 Å². The van der Waals surface area contributed by atoms with Gasteiger partial charge in [0.2, 0.25) is 0 Å². The first kappa shape index (κ1) is 15.2. The Labute approximate surface area is 119 Å². The average Bonchev–Trinajstić information content (AvgIpc) is 2.46. The molecular formula is C14H13F4N3. The Morgan fingerprint density at radius 3 is 2.33 bits per heavy atom. The molecule has 0 unspecified atom stereocenters. The van der Waals surface area contributed by atoms with Gasteiger partial charge in [0.25, 0.3) is 0 Å². The van der Waals surface area contributed by atoms with Crippen molar-refractivity contribution in [2.24, 2.45) is 0 Å². The minimum atomic E-state index is -4.36. The van der Waals surface area contributed by atoms with Crippen LogP contribution >= 0.6 is 0 Å². The number of hydrogen-bond donors (Lipinski definition) is 1. The van der Waals surface area contributed by atoms with E-state index in [4.69, 9.17) is 0 Å². The normalized spacial score (nSPS) is 11.5. The van der Waals surface area contributed by atoms with Gasteiger partial charge in [-0.2, -0.15) is 13.2 Å². The Hall–Kier alpha value is -2.18. The average molecular weight is 299 g/mol. The molecule has 3 nitrogen and oxygen atoms in total. The molecule has 0 radical (unpaired) electrons. The van der Waals surface area contributed by atoms with Crippen molar-refractivity contribution in [1.82, 2.24) is 9.97 Å². The molecular weight excluding hydrogens is 286 g/mol. The zero-order chi connectivity index (χ0) is 15.5. The van der Waals surface area contributed by atoms with Crippen molar-refractivity contribution < 1.29 is 17.6 Å². The standard InChI is InChI=1S/C14H13F4N3/c1-2-11-12(15)13(21-8-20-11)19-7-9-3-5-10(6-4-9)14(16,17)18/h3-6,8H,2,7H2,1H3,(H,19,20,21). The Morgan fingerprint density at radius 1 is 1.10 bits per heavy atom. The molecule has 2 rings (SSSR count). The van der Waals surface area contributed by atoms with Crippen molar-refractivity contribution in [2.75, 3.05) is 5.32 Å². The summed E-state index contributed by atoms with van der Waals surface area (Å²) in [6.07, 6.45) is -2.68. The van der Waals surface area contributed by atoms with Gasteiger partial charge in [0.1, 0.15) is 6.33 Å². The predicted molar refractivity (Wildman–Crippen MR) is 70.1 cm³/mol. The van der Waals surface area contributed by atoms with E-state index in [1.807, 2.05) is 0 Å². The smallest absolute Gasteiger partial charge is 0.363 e. The quantitative estimate of drug-likeness (QED) is 0.872. The van der Waals surface area contributed by atoms with Crippen LogP contribution in [0.3, 0.4) is 0 Å². The second-order valence-electron chi connectivity index (χ2n) is 4.38. The second-order valence-corrected chi connectivity index (χ2v) is 4.38. The maximum atomic E-state index is 13.9. The minimum absolute atomic E-state index is 0.0433. The van der Waals surface area contributed by atoms with Crippen molar-refractivity contribution in [3.63, 3.8) is 0 Å². The van der Waals surface area contributed by atoms with Gasteiger partial charge >= 0.3 is 6.18 Å². The van der Waals surface area contributed by atoms with Crippen molar-refractivity contribution in [2.45, 2.75) is 26.1 Å². The fraction of sp³-hybridized carbons (Fsp3) is 0.286. The van der Waals surface area contributed by atoms with Crippen LogP contribution in [0.25, 0.3) is 0 Å². The third kappa shape index (κ3) is 3.68. The Kier molecular flexibility index (Phi) is 4.40. The molecule has 1 aromatic heterocycles. The maximum absolute atomic E-state index is 13.9. The van der Waals surface area contributed by atoms with Crippen molar-refractivity contribution >= 4 is 5.82 Å². The van der Waals surface area contributed by atoms with E-state index in [2.05, 4.69) is 15.3 Å². The first-order valence-electron chi connectivity index (χ1n) is 6.31. The SMILES string of the molecule is CCc1ncnc(NCc2ccc(C(F)(F)F)cc2)c1F. The summed E-state index contributed by atoms with van der Waals surface area (Å²) in [5, 5.41) is 2.75. The highest BCUT2D eigenvalue weighted by Gasteiger charge is 2.29. The monoisotopic (exact) mass is 299 g/mol. The number of hydrogen-bond acceptors (Lipinski definition) is 3. The van der Waals surface area contributed by atoms with Crippen LogP contribution in [0.2, 0.25) is 0 Å². The molecule has 0 amide bonds. The summed E-state index contributed by atoms with van der Waals surface area (Å²) in [7, 11) is 0. The molecule has 112 valence electrons. The van der Waals surface area contributed by atoms with Crippen LogP contribution in [0.1, 0.15) is 23.7 Å². The number of alkyl halides is 3. The highest BCUT2D eigenvalue weighted by molar-refractivity contribution is 5.38. The van der Waals surface area contributed by atoms with Gasteiger partial charge < -0.3 is 5.32 Å². The molecule has 0 fully saturated rings. The first-order valence-corrected chi connectivity index (χ1v) is 6.31. The lowest BCUT2D eigenvalue weighted by atomic mass is 10.1. The van der Waals surface area contributed by atoms with Gasteiger partial charge in [-0.25, -0.2) is 14.4 Å². The molecule has 0 saturated carbocycles. The van der Waals surface area contributed by atoms with Crippen molar-refractivity contribution in [3.8, 4) is 0 Å². The number of nitrogens with zero attached hydrogens (tertiary/aromatic N) is 2. The number of aryl methyl sites for hydroxylation is 1. The van der Waals surface area contributed by atoms with Crippen molar-refractivity contribution in [3.05, 3.63) is 53.2 Å². The molecule has 1 heterocycles. The maximum Gasteiger partial charge on any atom is 0.416 e. The van der Waals surface area contributed by atoms with Crippen molar-refractivity contribution in [1.29, 1.82) is 0 Å². The highest BCUT2D eigenvalue weighted by atomic mass is 19.4. The first-order chi connectivity index (χ1) is 9.91. The van der Waals surface area contributed by atoms with E-state index in [0.717, 1.165) is 12.1 Å². The van der Waals surface area contributed by atoms with Crippen LogP contribution in [0.5, 0.6) is 0 Å². The molecule has 0 atom stereocenters. The summed E-state index contributed by atoms with van der Waals surface area (Å²) in [5.41, 5.74) is 0.173. The van der Waals surface area contributed by atoms with Gasteiger partial charge in [0.05, 0.1) is 11.3 Å². The van der Waals surface area contributed by atoms with Crippen LogP contribution < -0.4 is 5.32 Å². The fourth-order valence-electron chi connectivity index (χ4n) is 1.77. The molecule has 0 bridgehead atoms. The number of benzene rings is 1. The Morgan fingerprint density at radius 2 is 1.76 bits per heavy atom. The molecule has 0 spiro atoms. The summed E-state index contributed by atoms with van der Waals surface area (Å²) in [6, 6.07) is 4.67. The molecule has 7 heteroatoms. The lowest BCUT2D eigenvalue weighted by molar-refractivity contribution is -0.137. The van der Waals surface area contributed by atoms with E-state index in [-0.39, 0.29) is 12.4 Å². The van der Waals surface area contributed by atoms with E-state index < -0.39 is 17.6 Å². The minimum Gasteiger partial charge on any atom is -0.363 e. The van der Waals surface area contributed by atoms with Crippen LogP contribution in [0.4, 0.5) is 23.4 Å². The van der Waals surface area contributed by atoms with E-state index in [9.17, 15) is 17.6 Å². The number of nitrogens with one attached hydrogen (secondary N) is 1. The topological polar surface area (TPSA) is 37.8 Å². The van der Waals surface area contributed by atoms with Crippen LogP contribution in [-0.4, -0.2) is 9.97 Å². The summed E-state index contributed by atoms with van der Waals surface area (Å²) in [6.45, 7) is 1.94. The lowest BCUT2D eigenvalue weighted by Crippen LogP contribution is -2.08. The van der Waals surface area contributed by atoms with E-state index in [1.165, 1.54) is 18.5 Å². The van der Waals surface area contributed by atoms with Crippen LogP contribution in [-0.2, 0) is 19.1 Å². The molecule has 1 N–H and O–H groups in total. The molecule has 0 aliphatic carbocycles. The summed E-state index contributed by atoms with van der Waals surface area (Å²) in [4.78, 5) is 7.58. The third-order valence-corrected chi connectivity index (χ3v) is 2.94. The Bertz CT molecular complexity index is 609. The lowest BCUT2D eigenvalue weighted by Gasteiger charge is -2.10. The van der Waals surface area contributed by atoms with Gasteiger partial charge in [0.15, 0.2) is 11.6 Å². The van der Waals surface area contributed by atoms with Gasteiger partial charge in [0, 0.05) is 6.54 Å². The Balaban J connectivity index is 2.07. The van der Waals surface area contributed by atoms with Crippen LogP contribution in [0, 0.1) is 5.82 Å². The van der Waals surface area contributed by atoms with Gasteiger partial charge in [-0.1, -0.05) is 19.1 Å². The second kappa shape index (κ2) is 6.07. The molecule has 0 saturated heterocycles. The molecule has 21 heavy (non-hydrogen) atoms.